The highest BCUT2D eigenvalue weighted by atomic mass is 16.7. The van der Waals surface area contributed by atoms with Gasteiger partial charge in [-0.05, 0) is 41.8 Å². The van der Waals surface area contributed by atoms with Crippen LogP contribution >= 0.6 is 0 Å². The molecule has 192 valence electrons. The summed E-state index contributed by atoms with van der Waals surface area (Å²) in [6, 6.07) is 7.35. The number of ether oxygens (including phenoxy) is 7. The van der Waals surface area contributed by atoms with Crippen LogP contribution in [0.1, 0.15) is 42.1 Å². The van der Waals surface area contributed by atoms with Gasteiger partial charge in [-0.1, -0.05) is 6.92 Å². The Morgan fingerprint density at radius 1 is 0.972 bits per heavy atom. The number of nitrogens with one attached hydrogen (secondary N) is 1. The van der Waals surface area contributed by atoms with Crippen molar-refractivity contribution in [3.05, 3.63) is 41.0 Å². The number of benzene rings is 2. The maximum absolute atomic E-state index is 13.1. The third-order valence-corrected chi connectivity index (χ3v) is 6.92. The van der Waals surface area contributed by atoms with Crippen molar-refractivity contribution in [2.24, 2.45) is 11.8 Å². The van der Waals surface area contributed by atoms with Crippen LogP contribution in [0.5, 0.6) is 28.7 Å². The van der Waals surface area contributed by atoms with Crippen LogP contribution in [0.15, 0.2) is 24.3 Å². The van der Waals surface area contributed by atoms with E-state index in [2.05, 4.69) is 5.32 Å². The lowest BCUT2D eigenvalue weighted by molar-refractivity contribution is -0.141. The fourth-order valence-electron chi connectivity index (χ4n) is 5.33. The minimum Gasteiger partial charge on any atom is -0.493 e. The summed E-state index contributed by atoms with van der Waals surface area (Å²) in [5.41, 5.74) is 2.29. The van der Waals surface area contributed by atoms with Crippen molar-refractivity contribution in [1.29, 1.82) is 0 Å². The number of carbonyl (C=O) groups is 2. The van der Waals surface area contributed by atoms with Gasteiger partial charge in [0.2, 0.25) is 12.5 Å². The van der Waals surface area contributed by atoms with Crippen LogP contribution in [-0.4, -0.2) is 53.3 Å². The quantitative estimate of drug-likeness (QED) is 0.572. The van der Waals surface area contributed by atoms with E-state index in [9.17, 15) is 9.59 Å². The molecule has 10 heteroatoms. The molecule has 1 N–H and O–H groups in total. The Labute approximate surface area is 208 Å². The molecule has 2 heterocycles. The first-order chi connectivity index (χ1) is 17.5. The van der Waals surface area contributed by atoms with Gasteiger partial charge in [0.15, 0.2) is 23.0 Å². The lowest BCUT2D eigenvalue weighted by atomic mass is 9.66. The van der Waals surface area contributed by atoms with E-state index < -0.39 is 30.0 Å². The Kier molecular flexibility index (Phi) is 6.42. The standard InChI is InChI=1S/C26H29NO9/c1-5-6-27-26(29)36-23-15-10-18-17(34-12-35-18)9-14(15)21(22-16(23)11-33-25(22)28)13-7-19(30-2)24(32-4)20(8-13)31-3/h7-10,16,21-23H,5-6,11-12H2,1-4H3,(H,27,29)/t16-,21+,22-,23+/m0/s1. The van der Waals surface area contributed by atoms with Gasteiger partial charge in [-0.3, -0.25) is 4.79 Å². The van der Waals surface area contributed by atoms with E-state index in [4.69, 9.17) is 33.2 Å². The topological polar surface area (TPSA) is 111 Å². The molecule has 0 saturated carbocycles. The van der Waals surface area contributed by atoms with Crippen LogP contribution in [0.4, 0.5) is 4.79 Å². The fourth-order valence-corrected chi connectivity index (χ4v) is 5.33. The molecule has 1 fully saturated rings. The summed E-state index contributed by atoms with van der Waals surface area (Å²) in [5.74, 6) is 0.695. The number of amides is 1. The van der Waals surface area contributed by atoms with Gasteiger partial charge < -0.3 is 38.5 Å². The van der Waals surface area contributed by atoms with E-state index in [1.54, 1.807) is 14.2 Å². The Morgan fingerprint density at radius 2 is 1.64 bits per heavy atom. The Bertz CT molecular complexity index is 1160. The first-order valence-electron chi connectivity index (χ1n) is 11.8. The molecule has 10 nitrogen and oxygen atoms in total. The van der Waals surface area contributed by atoms with Gasteiger partial charge in [-0.25, -0.2) is 4.79 Å². The lowest BCUT2D eigenvalue weighted by Gasteiger charge is -2.38. The highest BCUT2D eigenvalue weighted by Crippen LogP contribution is 2.56. The van der Waals surface area contributed by atoms with E-state index in [-0.39, 0.29) is 19.4 Å². The summed E-state index contributed by atoms with van der Waals surface area (Å²) < 4.78 is 39.4. The average Bonchev–Trinajstić information content (AvgIpc) is 3.51. The molecule has 1 amide bonds. The molecule has 0 aromatic heterocycles. The van der Waals surface area contributed by atoms with Gasteiger partial charge >= 0.3 is 12.1 Å². The highest BCUT2D eigenvalue weighted by molar-refractivity contribution is 5.79. The van der Waals surface area contributed by atoms with Crippen molar-refractivity contribution in [3.63, 3.8) is 0 Å². The van der Waals surface area contributed by atoms with Crippen molar-refractivity contribution in [3.8, 4) is 28.7 Å². The maximum atomic E-state index is 13.1. The SMILES string of the molecule is CCCNC(=O)O[C@@H]1c2cc3c(cc2[C@@H](c2cc(OC)c(OC)c(OC)c2)[C@H]2C(=O)OC[C@@H]21)OCO3. The molecule has 4 atom stereocenters. The number of alkyl carbamates (subject to hydrolysis) is 1. The minimum atomic E-state index is -0.707. The van der Waals surface area contributed by atoms with Crippen molar-refractivity contribution < 1.29 is 42.7 Å². The van der Waals surface area contributed by atoms with Gasteiger partial charge in [0.25, 0.3) is 0 Å². The van der Waals surface area contributed by atoms with Crippen molar-refractivity contribution in [2.75, 3.05) is 41.3 Å². The molecule has 2 aromatic rings. The number of esters is 1. The molecule has 0 bridgehead atoms. The highest BCUT2D eigenvalue weighted by Gasteiger charge is 2.54. The van der Waals surface area contributed by atoms with Gasteiger partial charge in [0, 0.05) is 23.9 Å². The molecule has 2 aromatic carbocycles. The number of fused-ring (bicyclic) bond motifs is 3. The van der Waals surface area contributed by atoms with E-state index in [0.29, 0.717) is 35.3 Å². The summed E-state index contributed by atoms with van der Waals surface area (Å²) in [5, 5.41) is 2.75. The van der Waals surface area contributed by atoms with Gasteiger partial charge in [0.1, 0.15) is 6.10 Å². The Hall–Kier alpha value is -3.82. The van der Waals surface area contributed by atoms with Crippen LogP contribution < -0.4 is 29.0 Å². The number of cyclic esters (lactones) is 1. The van der Waals surface area contributed by atoms with E-state index >= 15 is 0 Å². The summed E-state index contributed by atoms with van der Waals surface area (Å²) in [6.45, 7) is 2.66. The first kappa shape index (κ1) is 23.9. The van der Waals surface area contributed by atoms with Crippen LogP contribution in [-0.2, 0) is 14.3 Å². The zero-order valence-corrected chi connectivity index (χ0v) is 20.6. The van der Waals surface area contributed by atoms with Crippen molar-refractivity contribution in [1.82, 2.24) is 5.32 Å². The average molecular weight is 500 g/mol. The number of hydrogen-bond donors (Lipinski definition) is 1. The third kappa shape index (κ3) is 3.90. The van der Waals surface area contributed by atoms with Crippen LogP contribution in [0.25, 0.3) is 0 Å². The normalized spacial score (nSPS) is 23.3. The summed E-state index contributed by atoms with van der Waals surface area (Å²) in [7, 11) is 4.62. The largest absolute Gasteiger partial charge is 0.493 e. The predicted molar refractivity (Wildman–Crippen MR) is 126 cm³/mol. The maximum Gasteiger partial charge on any atom is 0.407 e. The zero-order chi connectivity index (χ0) is 25.4. The van der Waals surface area contributed by atoms with Gasteiger partial charge in [-0.15, -0.1) is 0 Å². The molecule has 1 saturated heterocycles. The summed E-state index contributed by atoms with van der Waals surface area (Å²) >= 11 is 0. The van der Waals surface area contributed by atoms with Crippen molar-refractivity contribution >= 4 is 12.1 Å². The molecule has 3 aliphatic rings. The second-order valence-corrected chi connectivity index (χ2v) is 8.84. The van der Waals surface area contributed by atoms with E-state index in [1.807, 2.05) is 31.2 Å². The Morgan fingerprint density at radius 3 is 2.25 bits per heavy atom. The molecule has 36 heavy (non-hydrogen) atoms. The molecular weight excluding hydrogens is 470 g/mol. The molecule has 0 radical (unpaired) electrons. The van der Waals surface area contributed by atoms with E-state index in [0.717, 1.165) is 23.1 Å². The molecule has 0 unspecified atom stereocenters. The summed E-state index contributed by atoms with van der Waals surface area (Å²) in [6.07, 6.45) is -0.484. The van der Waals surface area contributed by atoms with Gasteiger partial charge in [0.05, 0.1) is 33.9 Å². The lowest BCUT2D eigenvalue weighted by Crippen LogP contribution is -2.38. The molecule has 1 aliphatic carbocycles. The smallest absolute Gasteiger partial charge is 0.407 e. The molecular formula is C26H29NO9. The van der Waals surface area contributed by atoms with E-state index in [1.165, 1.54) is 7.11 Å². The second-order valence-electron chi connectivity index (χ2n) is 8.84. The predicted octanol–water partition coefficient (Wildman–Crippen LogP) is 3.55. The number of rotatable bonds is 7. The third-order valence-electron chi connectivity index (χ3n) is 6.92. The molecule has 2 aliphatic heterocycles. The van der Waals surface area contributed by atoms with Crippen molar-refractivity contribution in [2.45, 2.75) is 25.4 Å². The van der Waals surface area contributed by atoms with Crippen LogP contribution in [0.3, 0.4) is 0 Å². The monoisotopic (exact) mass is 499 g/mol. The number of carbonyl (C=O) groups excluding carboxylic acids is 2. The zero-order valence-electron chi connectivity index (χ0n) is 20.6. The van der Waals surface area contributed by atoms with Gasteiger partial charge in [-0.2, -0.15) is 0 Å². The summed E-state index contributed by atoms with van der Waals surface area (Å²) in [4.78, 5) is 25.8. The minimum absolute atomic E-state index is 0.0878. The molecule has 5 rings (SSSR count). The number of methoxy groups -OCH3 is 3. The van der Waals surface area contributed by atoms with Crippen LogP contribution in [0, 0.1) is 11.8 Å². The number of hydrogen-bond acceptors (Lipinski definition) is 9. The van der Waals surface area contributed by atoms with Crippen LogP contribution in [0.2, 0.25) is 0 Å². The fraction of sp³-hybridized carbons (Fsp3) is 0.462. The molecule has 0 spiro atoms. The Balaban J connectivity index is 1.68. The second kappa shape index (κ2) is 9.67. The first-order valence-corrected chi connectivity index (χ1v) is 11.8.